The maximum Gasteiger partial charge on any atom is 0.275 e. The number of ether oxygens (including phenoxy) is 1. The topological polar surface area (TPSA) is 80.2 Å². The first-order chi connectivity index (χ1) is 12.1. The first kappa shape index (κ1) is 18.4. The molecule has 1 atom stereocenters. The summed E-state index contributed by atoms with van der Waals surface area (Å²) in [4.78, 5) is 13.5. The predicted octanol–water partition coefficient (Wildman–Crippen LogP) is 3.94. The Labute approximate surface area is 162 Å². The number of aliphatic hydroxyl groups is 1. The third-order valence-corrected chi connectivity index (χ3v) is 5.73. The molecule has 3 aromatic rings. The van der Waals surface area contributed by atoms with Crippen LogP contribution in [0.1, 0.15) is 12.5 Å². The fourth-order valence-corrected chi connectivity index (χ4v) is 4.09. The van der Waals surface area contributed by atoms with Crippen LogP contribution >= 0.6 is 39.0 Å². The van der Waals surface area contributed by atoms with Crippen LogP contribution in [0.4, 0.5) is 5.82 Å². The Morgan fingerprint density at radius 3 is 2.92 bits per heavy atom. The van der Waals surface area contributed by atoms with Crippen molar-refractivity contribution in [3.8, 4) is 5.19 Å². The fourth-order valence-electron chi connectivity index (χ4n) is 2.09. The van der Waals surface area contributed by atoms with Crippen LogP contribution < -0.4 is 10.1 Å². The molecule has 25 heavy (non-hydrogen) atoms. The van der Waals surface area contributed by atoms with E-state index in [4.69, 9.17) is 4.74 Å². The zero-order valence-corrected chi connectivity index (χ0v) is 16.9. The highest BCUT2D eigenvalue weighted by Crippen LogP contribution is 2.34. The highest BCUT2D eigenvalue weighted by molar-refractivity contribution is 9.10. The summed E-state index contributed by atoms with van der Waals surface area (Å²) in [6, 6.07) is 8.02. The van der Waals surface area contributed by atoms with Crippen molar-refractivity contribution >= 4 is 55.2 Å². The lowest BCUT2D eigenvalue weighted by atomic mass is 10.2. The number of aliphatic hydroxyl groups excluding tert-OH is 1. The maximum atomic E-state index is 9.31. The van der Waals surface area contributed by atoms with Gasteiger partial charge in [0.05, 0.1) is 13.7 Å². The Kier molecular flexibility index (Phi) is 6.10. The number of aromatic nitrogens is 3. The molecule has 1 aromatic carbocycles. The van der Waals surface area contributed by atoms with Crippen LogP contribution in [-0.2, 0) is 5.75 Å². The number of rotatable bonds is 7. The number of hydrogen-bond donors (Lipinski definition) is 2. The number of benzene rings is 1. The van der Waals surface area contributed by atoms with Crippen LogP contribution in [0.25, 0.3) is 10.3 Å². The maximum absolute atomic E-state index is 9.31. The molecule has 0 spiro atoms. The van der Waals surface area contributed by atoms with Crippen LogP contribution in [0.5, 0.6) is 5.19 Å². The molecular weight excluding hydrogens is 424 g/mol. The van der Waals surface area contributed by atoms with Gasteiger partial charge in [-0.3, -0.25) is 0 Å². The monoisotopic (exact) mass is 440 g/mol. The van der Waals surface area contributed by atoms with E-state index in [0.29, 0.717) is 21.8 Å². The Hall–Kier alpha value is -1.42. The zero-order valence-electron chi connectivity index (χ0n) is 13.7. The van der Waals surface area contributed by atoms with Gasteiger partial charge in [-0.25, -0.2) is 9.97 Å². The molecular formula is C16H17BrN4O2S2. The van der Waals surface area contributed by atoms with Gasteiger partial charge in [0.2, 0.25) is 0 Å². The second kappa shape index (κ2) is 8.31. The van der Waals surface area contributed by atoms with E-state index in [1.54, 1.807) is 18.9 Å². The molecule has 2 heterocycles. The SMILES string of the molecule is COc1nc2nc(SCc3cccc(Br)c3)nc(N[C@H](C)CO)c2s1. The minimum absolute atomic E-state index is 0.0158. The highest BCUT2D eigenvalue weighted by atomic mass is 79.9. The fraction of sp³-hybridized carbons (Fsp3) is 0.312. The molecule has 0 bridgehead atoms. The standard InChI is InChI=1S/C16H17BrN4O2S2/c1-9(7-22)18-13-12-14(21-16(23-2)25-12)20-15(19-13)24-8-10-4-3-5-11(17)6-10/h3-6,9,22H,7-8H2,1-2H3,(H,18,19,20)/t9-/m1/s1. The van der Waals surface area contributed by atoms with E-state index in [0.717, 1.165) is 14.9 Å². The number of anilines is 1. The summed E-state index contributed by atoms with van der Waals surface area (Å²) < 4.78 is 7.09. The molecule has 0 radical (unpaired) electrons. The smallest absolute Gasteiger partial charge is 0.275 e. The molecule has 2 N–H and O–H groups in total. The van der Waals surface area contributed by atoms with Gasteiger partial charge in [0.1, 0.15) is 4.70 Å². The Morgan fingerprint density at radius 2 is 2.20 bits per heavy atom. The van der Waals surface area contributed by atoms with Crippen LogP contribution in [0, 0.1) is 0 Å². The van der Waals surface area contributed by atoms with Crippen molar-refractivity contribution in [3.05, 3.63) is 34.3 Å². The average Bonchev–Trinajstić information content (AvgIpc) is 3.03. The summed E-state index contributed by atoms with van der Waals surface area (Å²) in [6.45, 7) is 1.91. The van der Waals surface area contributed by atoms with Gasteiger partial charge in [-0.2, -0.15) is 4.98 Å². The summed E-state index contributed by atoms with van der Waals surface area (Å²) in [5.74, 6) is 1.42. The number of methoxy groups -OCH3 is 1. The normalized spacial score (nSPS) is 12.3. The van der Waals surface area contributed by atoms with Crippen LogP contribution in [-0.4, -0.2) is 39.8 Å². The first-order valence-electron chi connectivity index (χ1n) is 7.56. The number of halogens is 1. The van der Waals surface area contributed by atoms with E-state index in [1.165, 1.54) is 16.9 Å². The number of nitrogens with one attached hydrogen (secondary N) is 1. The van der Waals surface area contributed by atoms with E-state index in [2.05, 4.69) is 48.3 Å². The van der Waals surface area contributed by atoms with Gasteiger partial charge in [0.15, 0.2) is 16.6 Å². The van der Waals surface area contributed by atoms with E-state index < -0.39 is 0 Å². The summed E-state index contributed by atoms with van der Waals surface area (Å²) in [7, 11) is 1.58. The molecule has 9 heteroatoms. The lowest BCUT2D eigenvalue weighted by Gasteiger charge is -2.12. The molecule has 0 aliphatic carbocycles. The molecule has 2 aromatic heterocycles. The van der Waals surface area contributed by atoms with Gasteiger partial charge in [-0.15, -0.1) is 0 Å². The minimum atomic E-state index is -0.117. The van der Waals surface area contributed by atoms with Crippen molar-refractivity contribution in [1.29, 1.82) is 0 Å². The van der Waals surface area contributed by atoms with Gasteiger partial charge < -0.3 is 15.2 Å². The first-order valence-corrected chi connectivity index (χ1v) is 10.2. The van der Waals surface area contributed by atoms with Crippen molar-refractivity contribution in [3.63, 3.8) is 0 Å². The second-order valence-electron chi connectivity index (χ2n) is 5.34. The van der Waals surface area contributed by atoms with E-state index in [1.807, 2.05) is 19.1 Å². The molecule has 0 aliphatic rings. The van der Waals surface area contributed by atoms with Crippen molar-refractivity contribution < 1.29 is 9.84 Å². The molecule has 0 fully saturated rings. The summed E-state index contributed by atoms with van der Waals surface area (Å²) in [5, 5.41) is 13.7. The largest absolute Gasteiger partial charge is 0.473 e. The second-order valence-corrected chi connectivity index (χ2v) is 8.16. The molecule has 0 amide bonds. The van der Waals surface area contributed by atoms with Crippen LogP contribution in [0.15, 0.2) is 33.9 Å². The molecule has 0 unspecified atom stereocenters. The van der Waals surface area contributed by atoms with E-state index in [-0.39, 0.29) is 12.6 Å². The van der Waals surface area contributed by atoms with Gasteiger partial charge in [-0.1, -0.05) is 51.2 Å². The Balaban J connectivity index is 1.89. The Bertz CT molecular complexity index is 874. The molecule has 132 valence electrons. The molecule has 6 nitrogen and oxygen atoms in total. The number of nitrogens with zero attached hydrogens (tertiary/aromatic N) is 3. The van der Waals surface area contributed by atoms with Crippen molar-refractivity contribution in [2.24, 2.45) is 0 Å². The zero-order chi connectivity index (χ0) is 17.8. The quantitative estimate of drug-likeness (QED) is 0.425. The number of fused-ring (bicyclic) bond motifs is 1. The van der Waals surface area contributed by atoms with E-state index in [9.17, 15) is 5.11 Å². The molecule has 0 saturated heterocycles. The number of thiazole rings is 1. The number of thioether (sulfide) groups is 1. The van der Waals surface area contributed by atoms with Gasteiger partial charge in [0.25, 0.3) is 5.19 Å². The Morgan fingerprint density at radius 1 is 1.36 bits per heavy atom. The lowest BCUT2D eigenvalue weighted by molar-refractivity contribution is 0.281. The molecule has 0 aliphatic heterocycles. The summed E-state index contributed by atoms with van der Waals surface area (Å²) in [5.41, 5.74) is 1.78. The third kappa shape index (κ3) is 4.60. The van der Waals surface area contributed by atoms with Crippen molar-refractivity contribution in [2.45, 2.75) is 23.9 Å². The van der Waals surface area contributed by atoms with Crippen LogP contribution in [0.2, 0.25) is 0 Å². The minimum Gasteiger partial charge on any atom is -0.473 e. The van der Waals surface area contributed by atoms with Gasteiger partial charge in [0, 0.05) is 16.3 Å². The van der Waals surface area contributed by atoms with Crippen molar-refractivity contribution in [2.75, 3.05) is 19.0 Å². The summed E-state index contributed by atoms with van der Waals surface area (Å²) in [6.07, 6.45) is 0. The summed E-state index contributed by atoms with van der Waals surface area (Å²) >= 11 is 6.41. The number of hydrogen-bond acceptors (Lipinski definition) is 8. The molecule has 0 saturated carbocycles. The highest BCUT2D eigenvalue weighted by Gasteiger charge is 2.15. The predicted molar refractivity (Wildman–Crippen MR) is 106 cm³/mol. The third-order valence-electron chi connectivity index (χ3n) is 3.30. The van der Waals surface area contributed by atoms with Crippen LogP contribution in [0.3, 0.4) is 0 Å². The lowest BCUT2D eigenvalue weighted by Crippen LogP contribution is -2.20. The van der Waals surface area contributed by atoms with Gasteiger partial charge >= 0.3 is 0 Å². The van der Waals surface area contributed by atoms with E-state index >= 15 is 0 Å². The molecule has 3 rings (SSSR count). The van der Waals surface area contributed by atoms with Crippen molar-refractivity contribution in [1.82, 2.24) is 15.0 Å². The average molecular weight is 441 g/mol. The van der Waals surface area contributed by atoms with Gasteiger partial charge in [-0.05, 0) is 24.6 Å².